The molecule has 5 heteroatoms. The van der Waals surface area contributed by atoms with Gasteiger partial charge in [0.05, 0.1) is 18.2 Å². The molecule has 1 fully saturated rings. The molecule has 3 atom stereocenters. The Hall–Kier alpha value is -0.650. The lowest BCUT2D eigenvalue weighted by molar-refractivity contribution is -0.131. The fourth-order valence-corrected chi connectivity index (χ4v) is 1.90. The Labute approximate surface area is 90.9 Å². The number of carbonyl (C=O) groups excluding carboxylic acids is 1. The summed E-state index contributed by atoms with van der Waals surface area (Å²) >= 11 is 0. The van der Waals surface area contributed by atoms with Crippen molar-refractivity contribution < 1.29 is 9.53 Å². The van der Waals surface area contributed by atoms with E-state index in [1.165, 1.54) is 0 Å². The maximum atomic E-state index is 11.5. The van der Waals surface area contributed by atoms with Crippen LogP contribution in [0.3, 0.4) is 0 Å². The highest BCUT2D eigenvalue weighted by Gasteiger charge is 2.29. The maximum absolute atomic E-state index is 11.5. The van der Waals surface area contributed by atoms with Crippen LogP contribution < -0.4 is 11.1 Å². The van der Waals surface area contributed by atoms with Gasteiger partial charge in [-0.15, -0.1) is 0 Å². The quantitative estimate of drug-likeness (QED) is 0.645. The number of morpholine rings is 1. The monoisotopic (exact) mass is 215 g/mol. The zero-order chi connectivity index (χ0) is 11.4. The Kier molecular flexibility index (Phi) is 4.50. The van der Waals surface area contributed by atoms with Crippen molar-refractivity contribution in [1.82, 2.24) is 10.2 Å². The van der Waals surface area contributed by atoms with E-state index in [0.29, 0.717) is 6.54 Å². The van der Waals surface area contributed by atoms with Crippen molar-refractivity contribution in [2.24, 2.45) is 5.73 Å². The summed E-state index contributed by atoms with van der Waals surface area (Å²) < 4.78 is 5.63. The molecule has 1 aliphatic rings. The molecule has 0 radical (unpaired) electrons. The third-order valence-corrected chi connectivity index (χ3v) is 2.79. The lowest BCUT2D eigenvalue weighted by Gasteiger charge is -2.38. The minimum absolute atomic E-state index is 0.0415. The molecule has 0 saturated carbocycles. The van der Waals surface area contributed by atoms with E-state index in [9.17, 15) is 4.79 Å². The Balaban J connectivity index is 2.57. The van der Waals surface area contributed by atoms with E-state index in [4.69, 9.17) is 10.5 Å². The van der Waals surface area contributed by atoms with Crippen LogP contribution in [0.2, 0.25) is 0 Å². The summed E-state index contributed by atoms with van der Waals surface area (Å²) in [7, 11) is 1.66. The molecule has 15 heavy (non-hydrogen) atoms. The van der Waals surface area contributed by atoms with Gasteiger partial charge in [-0.05, 0) is 13.8 Å². The molecule has 0 aromatic carbocycles. The first-order chi connectivity index (χ1) is 7.08. The Morgan fingerprint density at radius 1 is 1.67 bits per heavy atom. The molecule has 1 rings (SSSR count). The highest BCUT2D eigenvalue weighted by atomic mass is 16.5. The van der Waals surface area contributed by atoms with Gasteiger partial charge < -0.3 is 15.8 Å². The number of nitrogens with two attached hydrogens (primary N) is 1. The number of amides is 1. The second-order valence-electron chi connectivity index (χ2n) is 4.05. The van der Waals surface area contributed by atoms with Crippen LogP contribution >= 0.6 is 0 Å². The third-order valence-electron chi connectivity index (χ3n) is 2.79. The number of ether oxygens (including phenoxy) is 1. The molecule has 5 nitrogen and oxygen atoms in total. The van der Waals surface area contributed by atoms with Crippen LogP contribution in [-0.4, -0.2) is 55.7 Å². The maximum Gasteiger partial charge on any atom is 0.236 e. The molecular weight excluding hydrogens is 194 g/mol. The molecule has 0 aliphatic carbocycles. The molecule has 0 spiro atoms. The van der Waals surface area contributed by atoms with E-state index in [1.807, 2.05) is 13.8 Å². The van der Waals surface area contributed by atoms with Crippen LogP contribution in [0.1, 0.15) is 13.8 Å². The summed E-state index contributed by atoms with van der Waals surface area (Å²) in [5, 5.41) is 2.66. The number of nitrogens with one attached hydrogen (secondary N) is 1. The van der Waals surface area contributed by atoms with Gasteiger partial charge >= 0.3 is 0 Å². The lowest BCUT2D eigenvalue weighted by Crippen LogP contribution is -2.55. The van der Waals surface area contributed by atoms with Crippen molar-refractivity contribution in [3.8, 4) is 0 Å². The molecule has 1 saturated heterocycles. The first kappa shape index (κ1) is 12.4. The molecule has 88 valence electrons. The summed E-state index contributed by atoms with van der Waals surface area (Å²) in [6.45, 7) is 5.93. The van der Waals surface area contributed by atoms with E-state index in [0.717, 1.165) is 13.1 Å². The van der Waals surface area contributed by atoms with Crippen LogP contribution in [0.5, 0.6) is 0 Å². The molecule has 1 amide bonds. The van der Waals surface area contributed by atoms with Gasteiger partial charge in [-0.3, -0.25) is 9.69 Å². The minimum atomic E-state index is -0.115. The molecule has 0 aromatic rings. The molecule has 0 aromatic heterocycles. The standard InChI is InChI=1S/C10H21N3O2/c1-7-5-13(6-9(4-11)15-7)8(2)10(14)12-3/h7-9H,4-6,11H2,1-3H3,(H,12,14). The number of likely N-dealkylation sites (N-methyl/N-ethyl adjacent to an activating group) is 1. The van der Waals surface area contributed by atoms with Crippen molar-refractivity contribution in [2.75, 3.05) is 26.7 Å². The Morgan fingerprint density at radius 3 is 2.87 bits per heavy atom. The molecular formula is C10H21N3O2. The van der Waals surface area contributed by atoms with Crippen molar-refractivity contribution >= 4 is 5.91 Å². The minimum Gasteiger partial charge on any atom is -0.371 e. The second kappa shape index (κ2) is 5.44. The van der Waals surface area contributed by atoms with Crippen molar-refractivity contribution in [1.29, 1.82) is 0 Å². The number of nitrogens with zero attached hydrogens (tertiary/aromatic N) is 1. The highest BCUT2D eigenvalue weighted by Crippen LogP contribution is 2.13. The summed E-state index contributed by atoms with van der Waals surface area (Å²) in [4.78, 5) is 13.6. The van der Waals surface area contributed by atoms with Crippen LogP contribution in [-0.2, 0) is 9.53 Å². The summed E-state index contributed by atoms with van der Waals surface area (Å²) in [6, 6.07) is -0.115. The van der Waals surface area contributed by atoms with Gasteiger partial charge in [0.25, 0.3) is 0 Å². The topological polar surface area (TPSA) is 67.6 Å². The first-order valence-corrected chi connectivity index (χ1v) is 5.39. The molecule has 3 N–H and O–H groups in total. The van der Waals surface area contributed by atoms with E-state index in [-0.39, 0.29) is 24.2 Å². The summed E-state index contributed by atoms with van der Waals surface area (Å²) in [5.74, 6) is 0.0415. The van der Waals surface area contributed by atoms with E-state index >= 15 is 0 Å². The molecule has 3 unspecified atom stereocenters. The van der Waals surface area contributed by atoms with Crippen LogP contribution in [0.15, 0.2) is 0 Å². The van der Waals surface area contributed by atoms with Crippen LogP contribution in [0.4, 0.5) is 0 Å². The second-order valence-corrected chi connectivity index (χ2v) is 4.05. The summed E-state index contributed by atoms with van der Waals surface area (Å²) in [6.07, 6.45) is 0.181. The van der Waals surface area contributed by atoms with Crippen molar-refractivity contribution in [3.05, 3.63) is 0 Å². The molecule has 1 heterocycles. The normalized spacial score (nSPS) is 29.9. The van der Waals surface area contributed by atoms with Gasteiger partial charge in [-0.2, -0.15) is 0 Å². The average Bonchev–Trinajstić information content (AvgIpc) is 2.26. The van der Waals surface area contributed by atoms with E-state index in [1.54, 1.807) is 7.05 Å². The smallest absolute Gasteiger partial charge is 0.236 e. The van der Waals surface area contributed by atoms with Gasteiger partial charge in [0.15, 0.2) is 0 Å². The first-order valence-electron chi connectivity index (χ1n) is 5.39. The number of hydrogen-bond donors (Lipinski definition) is 2. The van der Waals surface area contributed by atoms with Crippen molar-refractivity contribution in [3.63, 3.8) is 0 Å². The third kappa shape index (κ3) is 3.15. The van der Waals surface area contributed by atoms with Gasteiger partial charge in [0, 0.05) is 26.7 Å². The summed E-state index contributed by atoms with van der Waals surface area (Å²) in [5.41, 5.74) is 5.58. The van der Waals surface area contributed by atoms with Gasteiger partial charge in [0.2, 0.25) is 5.91 Å². The Morgan fingerprint density at radius 2 is 2.33 bits per heavy atom. The van der Waals surface area contributed by atoms with Gasteiger partial charge in [-0.1, -0.05) is 0 Å². The highest BCUT2D eigenvalue weighted by molar-refractivity contribution is 5.80. The zero-order valence-corrected chi connectivity index (χ0v) is 9.69. The van der Waals surface area contributed by atoms with E-state index in [2.05, 4.69) is 10.2 Å². The van der Waals surface area contributed by atoms with Gasteiger partial charge in [-0.25, -0.2) is 0 Å². The predicted octanol–water partition coefficient (Wildman–Crippen LogP) is -0.831. The fourth-order valence-electron chi connectivity index (χ4n) is 1.90. The number of rotatable bonds is 3. The van der Waals surface area contributed by atoms with Crippen LogP contribution in [0.25, 0.3) is 0 Å². The molecule has 1 aliphatic heterocycles. The Bertz CT molecular complexity index is 223. The van der Waals surface area contributed by atoms with Crippen molar-refractivity contribution in [2.45, 2.75) is 32.1 Å². The van der Waals surface area contributed by atoms with E-state index < -0.39 is 0 Å². The predicted molar refractivity (Wildman–Crippen MR) is 58.5 cm³/mol. The SMILES string of the molecule is CNC(=O)C(C)N1CC(C)OC(CN)C1. The average molecular weight is 215 g/mol. The van der Waals surface area contributed by atoms with Gasteiger partial charge in [0.1, 0.15) is 0 Å². The zero-order valence-electron chi connectivity index (χ0n) is 9.69. The molecule has 0 bridgehead atoms. The van der Waals surface area contributed by atoms with Crippen LogP contribution in [0, 0.1) is 0 Å². The number of carbonyl (C=O) groups is 1. The number of hydrogen-bond acceptors (Lipinski definition) is 4. The largest absolute Gasteiger partial charge is 0.371 e. The fraction of sp³-hybridized carbons (Fsp3) is 0.900. The lowest BCUT2D eigenvalue weighted by atomic mass is 10.1.